The lowest BCUT2D eigenvalue weighted by atomic mass is 9.88. The van der Waals surface area contributed by atoms with Crippen molar-refractivity contribution in [3.05, 3.63) is 70.8 Å². The second kappa shape index (κ2) is 8.85. The van der Waals surface area contributed by atoms with E-state index in [1.54, 1.807) is 18.2 Å². The predicted octanol–water partition coefficient (Wildman–Crippen LogP) is 3.47. The maximum absolute atomic E-state index is 12.5. The van der Waals surface area contributed by atoms with E-state index in [0.29, 0.717) is 18.0 Å². The van der Waals surface area contributed by atoms with E-state index in [1.807, 2.05) is 17.0 Å². The Morgan fingerprint density at radius 3 is 2.61 bits per heavy atom. The molecule has 0 bridgehead atoms. The molecule has 3 rings (SSSR count). The number of piperidine rings is 1. The van der Waals surface area contributed by atoms with Crippen LogP contribution in [0, 0.1) is 0 Å². The molecule has 0 saturated carbocycles. The number of aromatic hydroxyl groups is 1. The molecule has 28 heavy (non-hydrogen) atoms. The summed E-state index contributed by atoms with van der Waals surface area (Å²) in [5, 5.41) is 9.71. The topological polar surface area (TPSA) is 83.6 Å². The zero-order valence-corrected chi connectivity index (χ0v) is 16.1. The monoisotopic (exact) mass is 378 g/mol. The van der Waals surface area contributed by atoms with Gasteiger partial charge in [-0.05, 0) is 60.6 Å². The van der Waals surface area contributed by atoms with E-state index in [1.165, 1.54) is 24.6 Å². The van der Waals surface area contributed by atoms with Crippen molar-refractivity contribution < 1.29 is 14.7 Å². The van der Waals surface area contributed by atoms with Gasteiger partial charge in [-0.3, -0.25) is 9.59 Å². The fourth-order valence-corrected chi connectivity index (χ4v) is 3.62. The Labute approximate surface area is 165 Å². The number of hydrogen-bond acceptors (Lipinski definition) is 4. The first-order valence-electron chi connectivity index (χ1n) is 9.57. The van der Waals surface area contributed by atoms with Crippen LogP contribution in [-0.4, -0.2) is 34.8 Å². The van der Waals surface area contributed by atoms with Crippen molar-refractivity contribution in [2.45, 2.75) is 32.2 Å². The van der Waals surface area contributed by atoms with Gasteiger partial charge in [0.1, 0.15) is 5.75 Å². The highest BCUT2D eigenvalue weighted by Gasteiger charge is 2.22. The summed E-state index contributed by atoms with van der Waals surface area (Å²) < 4.78 is 0. The molecule has 0 aromatic heterocycles. The molecule has 0 radical (unpaired) electrons. The number of carbonyl (C=O) groups excluding carboxylic acids is 2. The number of likely N-dealkylation sites (tertiary alicyclic amines) is 1. The van der Waals surface area contributed by atoms with Crippen LogP contribution in [0.3, 0.4) is 0 Å². The molecule has 1 amide bonds. The first-order chi connectivity index (χ1) is 13.5. The van der Waals surface area contributed by atoms with Gasteiger partial charge in [-0.2, -0.15) is 0 Å². The van der Waals surface area contributed by atoms with E-state index >= 15 is 0 Å². The summed E-state index contributed by atoms with van der Waals surface area (Å²) in [4.78, 5) is 25.9. The normalized spacial score (nSPS) is 15.1. The lowest BCUT2D eigenvalue weighted by molar-refractivity contribution is -0.126. The van der Waals surface area contributed by atoms with Crippen LogP contribution >= 0.6 is 0 Å². The summed E-state index contributed by atoms with van der Waals surface area (Å²) in [7, 11) is 0. The molecule has 1 fully saturated rings. The van der Waals surface area contributed by atoms with Crippen LogP contribution in [0.25, 0.3) is 6.08 Å². The Kier molecular flexibility index (Phi) is 6.26. The minimum Gasteiger partial charge on any atom is -0.507 e. The van der Waals surface area contributed by atoms with Crippen LogP contribution in [-0.2, 0) is 11.3 Å². The summed E-state index contributed by atoms with van der Waals surface area (Å²) in [6, 6.07) is 13.1. The molecule has 0 spiro atoms. The molecule has 2 aromatic rings. The number of amides is 1. The van der Waals surface area contributed by atoms with Gasteiger partial charge in [-0.15, -0.1) is 0 Å². The van der Waals surface area contributed by atoms with Crippen LogP contribution in [0.5, 0.6) is 5.75 Å². The van der Waals surface area contributed by atoms with Gasteiger partial charge in [-0.1, -0.05) is 30.3 Å². The summed E-state index contributed by atoms with van der Waals surface area (Å²) >= 11 is 0. The number of nitrogens with two attached hydrogens (primary N) is 1. The predicted molar refractivity (Wildman–Crippen MR) is 110 cm³/mol. The molecule has 1 aliphatic heterocycles. The van der Waals surface area contributed by atoms with Crippen LogP contribution in [0.1, 0.15) is 52.7 Å². The molecular formula is C23H26N2O3. The fraction of sp³-hybridized carbons (Fsp3) is 0.304. The maximum atomic E-state index is 12.5. The van der Waals surface area contributed by atoms with E-state index in [9.17, 15) is 14.7 Å². The van der Waals surface area contributed by atoms with E-state index in [2.05, 4.69) is 12.1 Å². The summed E-state index contributed by atoms with van der Waals surface area (Å²) in [5.74, 6) is 0.165. The lowest BCUT2D eigenvalue weighted by Gasteiger charge is -2.31. The van der Waals surface area contributed by atoms with Crippen LogP contribution in [0.4, 0.5) is 0 Å². The summed E-state index contributed by atoms with van der Waals surface area (Å²) in [6.07, 6.45) is 5.08. The fourth-order valence-electron chi connectivity index (χ4n) is 3.62. The number of hydrogen-bond donors (Lipinski definition) is 2. The van der Waals surface area contributed by atoms with Gasteiger partial charge in [-0.25, -0.2) is 0 Å². The molecule has 146 valence electrons. The number of rotatable bonds is 5. The van der Waals surface area contributed by atoms with E-state index < -0.39 is 0 Å². The van der Waals surface area contributed by atoms with Crippen molar-refractivity contribution in [1.82, 2.24) is 4.90 Å². The Morgan fingerprint density at radius 1 is 1.18 bits per heavy atom. The first-order valence-corrected chi connectivity index (χ1v) is 9.57. The quantitative estimate of drug-likeness (QED) is 0.616. The third-order valence-electron chi connectivity index (χ3n) is 5.28. The van der Waals surface area contributed by atoms with E-state index in [0.717, 1.165) is 31.5 Å². The highest BCUT2D eigenvalue weighted by atomic mass is 16.3. The van der Waals surface area contributed by atoms with Gasteiger partial charge in [0, 0.05) is 25.7 Å². The highest BCUT2D eigenvalue weighted by Crippen LogP contribution is 2.28. The molecule has 2 aromatic carbocycles. The van der Waals surface area contributed by atoms with Crippen molar-refractivity contribution in [3.8, 4) is 5.75 Å². The van der Waals surface area contributed by atoms with Crippen molar-refractivity contribution >= 4 is 17.8 Å². The molecule has 1 aliphatic rings. The number of phenols is 1. The molecule has 3 N–H and O–H groups in total. The van der Waals surface area contributed by atoms with Crippen LogP contribution < -0.4 is 5.73 Å². The standard InChI is InChI=1S/C23H26N2O3/c1-16(26)21-14-17(5-7-22(21)27)6-8-23(28)25-11-9-19(10-12-25)20-4-2-3-18(13-20)15-24/h2-8,13-14,19,27H,9-12,15,24H2,1H3/b8-6+. The van der Waals surface area contributed by atoms with Gasteiger partial charge in [0.05, 0.1) is 5.56 Å². The van der Waals surface area contributed by atoms with Gasteiger partial charge < -0.3 is 15.7 Å². The number of benzene rings is 2. The highest BCUT2D eigenvalue weighted by molar-refractivity contribution is 5.98. The van der Waals surface area contributed by atoms with Crippen molar-refractivity contribution in [1.29, 1.82) is 0 Å². The largest absolute Gasteiger partial charge is 0.507 e. The number of phenolic OH excluding ortho intramolecular Hbond substituents is 1. The third kappa shape index (κ3) is 4.67. The number of ketones is 1. The van der Waals surface area contributed by atoms with Gasteiger partial charge >= 0.3 is 0 Å². The molecule has 0 unspecified atom stereocenters. The zero-order valence-electron chi connectivity index (χ0n) is 16.1. The van der Waals surface area contributed by atoms with Gasteiger partial charge in [0.15, 0.2) is 5.78 Å². The molecular weight excluding hydrogens is 352 g/mol. The van der Waals surface area contributed by atoms with Crippen molar-refractivity contribution in [2.75, 3.05) is 13.1 Å². The Bertz CT molecular complexity index is 896. The third-order valence-corrected chi connectivity index (χ3v) is 5.28. The average molecular weight is 378 g/mol. The number of carbonyl (C=O) groups is 2. The first kappa shape index (κ1) is 19.8. The summed E-state index contributed by atoms with van der Waals surface area (Å²) in [5.41, 5.74) is 9.14. The molecule has 1 saturated heterocycles. The van der Waals surface area contributed by atoms with Crippen LogP contribution in [0.2, 0.25) is 0 Å². The van der Waals surface area contributed by atoms with Gasteiger partial charge in [0.25, 0.3) is 0 Å². The van der Waals surface area contributed by atoms with Crippen molar-refractivity contribution in [2.24, 2.45) is 5.73 Å². The molecule has 1 heterocycles. The van der Waals surface area contributed by atoms with E-state index in [-0.39, 0.29) is 23.0 Å². The van der Waals surface area contributed by atoms with Crippen molar-refractivity contribution in [3.63, 3.8) is 0 Å². The summed E-state index contributed by atoms with van der Waals surface area (Å²) in [6.45, 7) is 3.38. The second-order valence-electron chi connectivity index (χ2n) is 7.21. The van der Waals surface area contributed by atoms with Gasteiger partial charge in [0.2, 0.25) is 5.91 Å². The molecule has 0 aliphatic carbocycles. The lowest BCUT2D eigenvalue weighted by Crippen LogP contribution is -2.36. The van der Waals surface area contributed by atoms with Crippen LogP contribution in [0.15, 0.2) is 48.5 Å². The second-order valence-corrected chi connectivity index (χ2v) is 7.21. The zero-order chi connectivity index (χ0) is 20.1. The van der Waals surface area contributed by atoms with E-state index in [4.69, 9.17) is 5.73 Å². The SMILES string of the molecule is CC(=O)c1cc(/C=C/C(=O)N2CCC(c3cccc(CN)c3)CC2)ccc1O. The molecule has 0 atom stereocenters. The Morgan fingerprint density at radius 2 is 1.93 bits per heavy atom. The number of Topliss-reactive ketones (excluding diaryl/α,β-unsaturated/α-hetero) is 1. The number of nitrogens with zero attached hydrogens (tertiary/aromatic N) is 1. The molecule has 5 nitrogen and oxygen atoms in total. The smallest absolute Gasteiger partial charge is 0.246 e. The minimum absolute atomic E-state index is 0.0355. The molecule has 5 heteroatoms. The maximum Gasteiger partial charge on any atom is 0.246 e. The average Bonchev–Trinajstić information content (AvgIpc) is 2.73. The Balaban J connectivity index is 1.60. The minimum atomic E-state index is -0.208. The Hall–Kier alpha value is -2.92.